The number of hydrogen-bond acceptors (Lipinski definition) is 4. The molecule has 1 aliphatic rings. The highest BCUT2D eigenvalue weighted by Crippen LogP contribution is 2.34. The summed E-state index contributed by atoms with van der Waals surface area (Å²) in [4.78, 5) is 10.4. The smallest absolute Gasteiger partial charge is 0.224 e. The lowest BCUT2D eigenvalue weighted by Crippen LogP contribution is -2.31. The summed E-state index contributed by atoms with van der Waals surface area (Å²) < 4.78 is 0. The molecule has 1 aromatic rings. The maximum Gasteiger partial charge on any atom is 0.224 e. The van der Waals surface area contributed by atoms with Gasteiger partial charge in [-0.25, -0.2) is 4.98 Å². The SMILES string of the molecule is CC(C)CN(c1nc(Cl)ncc1N)C1CC1. The fourth-order valence-electron chi connectivity index (χ4n) is 1.78. The topological polar surface area (TPSA) is 55.0 Å². The Kier molecular flexibility index (Phi) is 3.19. The maximum atomic E-state index is 5.91. The second kappa shape index (κ2) is 4.45. The molecule has 1 aromatic heterocycles. The van der Waals surface area contributed by atoms with Crippen LogP contribution >= 0.6 is 11.6 Å². The molecule has 0 aromatic carbocycles. The summed E-state index contributed by atoms with van der Waals surface area (Å²) in [7, 11) is 0. The van der Waals surface area contributed by atoms with Crippen LogP contribution in [0.4, 0.5) is 11.5 Å². The molecule has 5 heteroatoms. The summed E-state index contributed by atoms with van der Waals surface area (Å²) in [5.74, 6) is 1.37. The molecule has 88 valence electrons. The van der Waals surface area contributed by atoms with Crippen LogP contribution in [0.1, 0.15) is 26.7 Å². The van der Waals surface area contributed by atoms with Crippen LogP contribution in [0, 0.1) is 5.92 Å². The average molecular weight is 241 g/mol. The van der Waals surface area contributed by atoms with Gasteiger partial charge in [-0.2, -0.15) is 4.98 Å². The van der Waals surface area contributed by atoms with Gasteiger partial charge in [0.15, 0.2) is 5.82 Å². The highest BCUT2D eigenvalue weighted by molar-refractivity contribution is 6.28. The van der Waals surface area contributed by atoms with Gasteiger partial charge in [-0.3, -0.25) is 0 Å². The lowest BCUT2D eigenvalue weighted by molar-refractivity contribution is 0.603. The van der Waals surface area contributed by atoms with Gasteiger partial charge in [0.25, 0.3) is 0 Å². The van der Waals surface area contributed by atoms with E-state index in [0.717, 1.165) is 12.4 Å². The summed E-state index contributed by atoms with van der Waals surface area (Å²) in [6.07, 6.45) is 4.02. The third-order valence-corrected chi connectivity index (χ3v) is 2.77. The molecular weight excluding hydrogens is 224 g/mol. The first kappa shape index (κ1) is 11.5. The van der Waals surface area contributed by atoms with Crippen molar-refractivity contribution < 1.29 is 0 Å². The van der Waals surface area contributed by atoms with Gasteiger partial charge < -0.3 is 10.6 Å². The number of nitrogens with zero attached hydrogens (tertiary/aromatic N) is 3. The number of halogens is 1. The number of hydrogen-bond donors (Lipinski definition) is 1. The Morgan fingerprint density at radius 3 is 2.81 bits per heavy atom. The van der Waals surface area contributed by atoms with E-state index < -0.39 is 0 Å². The molecule has 0 spiro atoms. The molecule has 0 radical (unpaired) electrons. The van der Waals surface area contributed by atoms with E-state index in [1.807, 2.05) is 0 Å². The fourth-order valence-corrected chi connectivity index (χ4v) is 1.91. The van der Waals surface area contributed by atoms with E-state index in [2.05, 4.69) is 28.7 Å². The molecule has 1 fully saturated rings. The van der Waals surface area contributed by atoms with Crippen LogP contribution in [0.15, 0.2) is 6.20 Å². The predicted octanol–water partition coefficient (Wildman–Crippen LogP) is 2.34. The van der Waals surface area contributed by atoms with E-state index >= 15 is 0 Å². The van der Waals surface area contributed by atoms with E-state index in [1.165, 1.54) is 12.8 Å². The third-order valence-electron chi connectivity index (χ3n) is 2.59. The first-order chi connectivity index (χ1) is 7.58. The lowest BCUT2D eigenvalue weighted by atomic mass is 10.2. The van der Waals surface area contributed by atoms with Crippen molar-refractivity contribution in [3.63, 3.8) is 0 Å². The van der Waals surface area contributed by atoms with Crippen molar-refractivity contribution in [2.75, 3.05) is 17.2 Å². The van der Waals surface area contributed by atoms with E-state index in [0.29, 0.717) is 17.6 Å². The lowest BCUT2D eigenvalue weighted by Gasteiger charge is -2.26. The third kappa shape index (κ3) is 2.55. The molecule has 0 amide bonds. The standard InChI is InChI=1S/C11H17ClN4/c1-7(2)6-16(8-3-4-8)10-9(13)5-14-11(12)15-10/h5,7-8H,3-4,6,13H2,1-2H3. The molecule has 1 aliphatic carbocycles. The van der Waals surface area contributed by atoms with Crippen LogP contribution in [0.2, 0.25) is 5.28 Å². The van der Waals surface area contributed by atoms with Crippen LogP contribution in [-0.2, 0) is 0 Å². The number of nitrogen functional groups attached to an aromatic ring is 1. The van der Waals surface area contributed by atoms with Crippen molar-refractivity contribution in [3.8, 4) is 0 Å². The molecule has 2 N–H and O–H groups in total. The first-order valence-corrected chi connectivity index (χ1v) is 6.00. The highest BCUT2D eigenvalue weighted by Gasteiger charge is 2.31. The molecule has 0 atom stereocenters. The molecule has 0 unspecified atom stereocenters. The number of anilines is 2. The number of rotatable bonds is 4. The van der Waals surface area contributed by atoms with Crippen molar-refractivity contribution >= 4 is 23.1 Å². The Balaban J connectivity index is 2.26. The van der Waals surface area contributed by atoms with Gasteiger partial charge in [-0.15, -0.1) is 0 Å². The molecule has 2 rings (SSSR count). The van der Waals surface area contributed by atoms with Gasteiger partial charge >= 0.3 is 0 Å². The molecule has 16 heavy (non-hydrogen) atoms. The summed E-state index contributed by atoms with van der Waals surface area (Å²) >= 11 is 5.82. The summed E-state index contributed by atoms with van der Waals surface area (Å²) in [5, 5.41) is 0.263. The molecule has 4 nitrogen and oxygen atoms in total. The second-order valence-corrected chi connectivity index (χ2v) is 5.03. The summed E-state index contributed by atoms with van der Waals surface area (Å²) in [6.45, 7) is 5.34. The summed E-state index contributed by atoms with van der Waals surface area (Å²) in [5.41, 5.74) is 6.51. The normalized spacial score (nSPS) is 15.5. The van der Waals surface area contributed by atoms with E-state index in [9.17, 15) is 0 Å². The van der Waals surface area contributed by atoms with Gasteiger partial charge in [0.1, 0.15) is 0 Å². The molecule has 1 saturated carbocycles. The van der Waals surface area contributed by atoms with Crippen molar-refractivity contribution in [2.24, 2.45) is 5.92 Å². The number of aromatic nitrogens is 2. The highest BCUT2D eigenvalue weighted by atomic mass is 35.5. The maximum absolute atomic E-state index is 5.91. The van der Waals surface area contributed by atoms with E-state index in [4.69, 9.17) is 17.3 Å². The van der Waals surface area contributed by atoms with Crippen molar-refractivity contribution in [2.45, 2.75) is 32.7 Å². The zero-order chi connectivity index (χ0) is 11.7. The van der Waals surface area contributed by atoms with Crippen LogP contribution in [-0.4, -0.2) is 22.6 Å². The van der Waals surface area contributed by atoms with Gasteiger partial charge in [-0.1, -0.05) is 13.8 Å². The van der Waals surface area contributed by atoms with Crippen molar-refractivity contribution in [3.05, 3.63) is 11.5 Å². The zero-order valence-corrected chi connectivity index (χ0v) is 10.4. The summed E-state index contributed by atoms with van der Waals surface area (Å²) in [6, 6.07) is 0.579. The Hall–Kier alpha value is -1.03. The van der Waals surface area contributed by atoms with E-state index in [-0.39, 0.29) is 5.28 Å². The minimum absolute atomic E-state index is 0.263. The van der Waals surface area contributed by atoms with Crippen molar-refractivity contribution in [1.29, 1.82) is 0 Å². The second-order valence-electron chi connectivity index (χ2n) is 4.70. The predicted molar refractivity (Wildman–Crippen MR) is 66.7 cm³/mol. The van der Waals surface area contributed by atoms with Gasteiger partial charge in [0.2, 0.25) is 5.28 Å². The molecular formula is C11H17ClN4. The largest absolute Gasteiger partial charge is 0.394 e. The quantitative estimate of drug-likeness (QED) is 0.821. The molecule has 0 saturated heterocycles. The van der Waals surface area contributed by atoms with Gasteiger partial charge in [-0.05, 0) is 30.4 Å². The van der Waals surface area contributed by atoms with Crippen LogP contribution in [0.25, 0.3) is 0 Å². The fraction of sp³-hybridized carbons (Fsp3) is 0.636. The Labute approximate surface area is 101 Å². The monoisotopic (exact) mass is 240 g/mol. The molecule has 0 aliphatic heterocycles. The van der Waals surface area contributed by atoms with Crippen LogP contribution in [0.5, 0.6) is 0 Å². The Morgan fingerprint density at radius 2 is 2.25 bits per heavy atom. The minimum atomic E-state index is 0.263. The van der Waals surface area contributed by atoms with Crippen LogP contribution in [0.3, 0.4) is 0 Å². The first-order valence-electron chi connectivity index (χ1n) is 5.62. The number of nitrogens with two attached hydrogens (primary N) is 1. The minimum Gasteiger partial charge on any atom is -0.394 e. The Bertz CT molecular complexity index is 376. The van der Waals surface area contributed by atoms with Crippen LogP contribution < -0.4 is 10.6 Å². The van der Waals surface area contributed by atoms with E-state index in [1.54, 1.807) is 6.20 Å². The van der Waals surface area contributed by atoms with Gasteiger partial charge in [0.05, 0.1) is 11.9 Å². The van der Waals surface area contributed by atoms with Crippen molar-refractivity contribution in [1.82, 2.24) is 9.97 Å². The van der Waals surface area contributed by atoms with Gasteiger partial charge in [0, 0.05) is 12.6 Å². The zero-order valence-electron chi connectivity index (χ0n) is 9.65. The molecule has 0 bridgehead atoms. The molecule has 1 heterocycles. The Morgan fingerprint density at radius 1 is 1.56 bits per heavy atom. The average Bonchev–Trinajstić information content (AvgIpc) is 3.02.